The molecule has 134 valence electrons. The third kappa shape index (κ3) is 3.29. The van der Waals surface area contributed by atoms with Gasteiger partial charge in [0.1, 0.15) is 0 Å². The van der Waals surface area contributed by atoms with Gasteiger partial charge in [0.05, 0.1) is 24.2 Å². The summed E-state index contributed by atoms with van der Waals surface area (Å²) in [5.74, 6) is -0.275. The van der Waals surface area contributed by atoms with Gasteiger partial charge < -0.3 is 9.32 Å². The number of fused-ring (bicyclic) bond motifs is 1. The van der Waals surface area contributed by atoms with E-state index in [1.54, 1.807) is 0 Å². The monoisotopic (exact) mass is 415 g/mol. The van der Waals surface area contributed by atoms with E-state index in [1.807, 2.05) is 24.3 Å². The van der Waals surface area contributed by atoms with Crippen molar-refractivity contribution in [1.29, 1.82) is 0 Å². The van der Waals surface area contributed by atoms with Crippen molar-refractivity contribution in [2.45, 2.75) is 19.3 Å². The van der Waals surface area contributed by atoms with E-state index in [4.69, 9.17) is 4.42 Å². The van der Waals surface area contributed by atoms with Crippen LogP contribution in [0.1, 0.15) is 40.3 Å². The summed E-state index contributed by atoms with van der Waals surface area (Å²) < 4.78 is 6.45. The Morgan fingerprint density at radius 2 is 1.96 bits per heavy atom. The fraction of sp³-hybridized carbons (Fsp3) is 0.368. The van der Waals surface area contributed by atoms with E-state index >= 15 is 0 Å². The van der Waals surface area contributed by atoms with Crippen LogP contribution in [0.4, 0.5) is 0 Å². The van der Waals surface area contributed by atoms with Gasteiger partial charge >= 0.3 is 0 Å². The molecule has 0 radical (unpaired) electrons. The van der Waals surface area contributed by atoms with Crippen LogP contribution in [0.25, 0.3) is 11.5 Å². The number of benzene rings is 1. The molecule has 1 aliphatic heterocycles. The Morgan fingerprint density at radius 3 is 2.73 bits per heavy atom. The smallest absolute Gasteiger partial charge is 0.244 e. The van der Waals surface area contributed by atoms with Crippen LogP contribution in [0.5, 0.6) is 0 Å². The lowest BCUT2D eigenvalue weighted by molar-refractivity contribution is 0.0949. The van der Waals surface area contributed by atoms with Crippen molar-refractivity contribution in [2.75, 3.05) is 26.2 Å². The summed E-state index contributed by atoms with van der Waals surface area (Å²) in [5, 5.41) is 0. The van der Waals surface area contributed by atoms with Crippen LogP contribution in [0, 0.1) is 0 Å². The molecule has 1 aromatic carbocycles. The quantitative estimate of drug-likeness (QED) is 0.764. The lowest BCUT2D eigenvalue weighted by Crippen LogP contribution is -2.28. The molecule has 0 amide bonds. The minimum atomic E-state index is -0.327. The van der Waals surface area contributed by atoms with E-state index in [0.29, 0.717) is 12.1 Å². The molecular formula is C19H18BrN3O3. The zero-order valence-electron chi connectivity index (χ0n) is 14.2. The molecule has 1 aromatic heterocycles. The highest BCUT2D eigenvalue weighted by Crippen LogP contribution is 2.31. The maximum atomic E-state index is 12.7. The van der Waals surface area contributed by atoms with Gasteiger partial charge in [-0.05, 0) is 54.0 Å². The molecule has 6 nitrogen and oxygen atoms in total. The molecule has 2 aromatic rings. The van der Waals surface area contributed by atoms with E-state index in [2.05, 4.69) is 30.8 Å². The Balaban J connectivity index is 1.57. The number of nitrogens with zero attached hydrogens (tertiary/aromatic N) is 3. The first-order valence-corrected chi connectivity index (χ1v) is 9.52. The maximum absolute atomic E-state index is 12.7. The summed E-state index contributed by atoms with van der Waals surface area (Å²) in [7, 11) is 0. The molecule has 0 bridgehead atoms. The van der Waals surface area contributed by atoms with Gasteiger partial charge in [-0.15, -0.1) is 0 Å². The summed E-state index contributed by atoms with van der Waals surface area (Å²) in [6.07, 6.45) is 2.42. The Kier molecular flexibility index (Phi) is 4.82. The molecule has 26 heavy (non-hydrogen) atoms. The maximum Gasteiger partial charge on any atom is 0.244 e. The normalized spacial score (nSPS) is 19.3. The number of rotatable bonds is 4. The minimum absolute atomic E-state index is 0.00618. The number of halogens is 1. The lowest BCUT2D eigenvalue weighted by atomic mass is 9.97. The summed E-state index contributed by atoms with van der Waals surface area (Å²) in [6, 6.07) is 7.39. The third-order valence-corrected chi connectivity index (χ3v) is 5.40. The van der Waals surface area contributed by atoms with Gasteiger partial charge in [-0.25, -0.2) is 4.98 Å². The lowest BCUT2D eigenvalue weighted by Gasteiger charge is -2.13. The molecule has 1 aliphatic carbocycles. The molecule has 4 rings (SSSR count). The summed E-state index contributed by atoms with van der Waals surface area (Å²) in [4.78, 5) is 36.1. The van der Waals surface area contributed by atoms with Gasteiger partial charge in [0.2, 0.25) is 17.4 Å². The average Bonchev–Trinajstić information content (AvgIpc) is 3.29. The zero-order chi connectivity index (χ0) is 18.1. The van der Waals surface area contributed by atoms with E-state index in [0.717, 1.165) is 24.1 Å². The van der Waals surface area contributed by atoms with Crippen molar-refractivity contribution in [2.24, 2.45) is 4.99 Å². The second kappa shape index (κ2) is 7.25. The molecule has 2 aliphatic rings. The molecule has 1 fully saturated rings. The van der Waals surface area contributed by atoms with Crippen LogP contribution in [0.3, 0.4) is 0 Å². The first-order chi connectivity index (χ1) is 12.6. The number of likely N-dealkylation sites (tertiary alicyclic amines) is 1. The first-order valence-electron chi connectivity index (χ1n) is 8.73. The van der Waals surface area contributed by atoms with Gasteiger partial charge in [0, 0.05) is 11.0 Å². The largest absolute Gasteiger partial charge is 0.432 e. The third-order valence-electron chi connectivity index (χ3n) is 4.71. The van der Waals surface area contributed by atoms with Gasteiger partial charge in [0.25, 0.3) is 0 Å². The van der Waals surface area contributed by atoms with Crippen LogP contribution >= 0.6 is 15.9 Å². The number of oxazole rings is 1. The molecule has 0 spiro atoms. The number of aromatic nitrogens is 1. The van der Waals surface area contributed by atoms with Crippen LogP contribution in [-0.2, 0) is 0 Å². The SMILES string of the molecule is O=C1CC(=NCCN2CCCC2)C(=O)c2oc(-c3ccccc3Br)nc21. The van der Waals surface area contributed by atoms with Crippen LogP contribution < -0.4 is 0 Å². The van der Waals surface area contributed by atoms with Gasteiger partial charge in [-0.1, -0.05) is 12.1 Å². The number of hydrogen-bond donors (Lipinski definition) is 0. The first kappa shape index (κ1) is 17.3. The number of hydrogen-bond acceptors (Lipinski definition) is 6. The summed E-state index contributed by atoms with van der Waals surface area (Å²) in [6.45, 7) is 3.50. The highest BCUT2D eigenvalue weighted by molar-refractivity contribution is 9.10. The number of aliphatic imine (C=N–C) groups is 1. The predicted octanol–water partition coefficient (Wildman–Crippen LogP) is 3.41. The number of ketones is 2. The number of carbonyl (C=O) groups is 2. The van der Waals surface area contributed by atoms with Crippen molar-refractivity contribution in [3.05, 3.63) is 40.2 Å². The fourth-order valence-electron chi connectivity index (χ4n) is 3.32. The predicted molar refractivity (Wildman–Crippen MR) is 101 cm³/mol. The van der Waals surface area contributed by atoms with E-state index in [-0.39, 0.29) is 41.0 Å². The molecule has 2 heterocycles. The van der Waals surface area contributed by atoms with Gasteiger partial charge in [-0.2, -0.15) is 0 Å². The van der Waals surface area contributed by atoms with Crippen LogP contribution in [-0.4, -0.2) is 53.3 Å². The molecule has 1 saturated heterocycles. The highest BCUT2D eigenvalue weighted by Gasteiger charge is 2.35. The van der Waals surface area contributed by atoms with Crippen LogP contribution in [0.15, 0.2) is 38.1 Å². The second-order valence-electron chi connectivity index (χ2n) is 6.48. The molecule has 0 N–H and O–H groups in total. The Labute approximate surface area is 159 Å². The van der Waals surface area contributed by atoms with E-state index in [9.17, 15) is 9.59 Å². The van der Waals surface area contributed by atoms with E-state index in [1.165, 1.54) is 12.8 Å². The Morgan fingerprint density at radius 1 is 1.19 bits per heavy atom. The van der Waals surface area contributed by atoms with Crippen molar-refractivity contribution in [1.82, 2.24) is 9.88 Å². The van der Waals surface area contributed by atoms with Crippen molar-refractivity contribution in [3.63, 3.8) is 0 Å². The zero-order valence-corrected chi connectivity index (χ0v) is 15.8. The Bertz CT molecular complexity index is 897. The van der Waals surface area contributed by atoms with Gasteiger partial charge in [0.15, 0.2) is 11.5 Å². The summed E-state index contributed by atoms with van der Waals surface area (Å²) >= 11 is 3.44. The van der Waals surface area contributed by atoms with Crippen molar-refractivity contribution in [3.8, 4) is 11.5 Å². The average molecular weight is 416 g/mol. The van der Waals surface area contributed by atoms with Crippen LogP contribution in [0.2, 0.25) is 0 Å². The number of Topliss-reactive ketones (excluding diaryl/α,β-unsaturated/α-hetero) is 2. The standard InChI is InChI=1S/C19H18BrN3O3/c20-13-6-2-1-5-12(13)19-22-16-15(24)11-14(17(25)18(16)26-19)21-7-10-23-8-3-4-9-23/h1-2,5-6H,3-4,7-11H2. The Hall–Kier alpha value is -2.12. The highest BCUT2D eigenvalue weighted by atomic mass is 79.9. The molecule has 0 atom stereocenters. The van der Waals surface area contributed by atoms with Crippen molar-refractivity contribution < 1.29 is 14.0 Å². The molecule has 7 heteroatoms. The number of carbonyl (C=O) groups excluding carboxylic acids is 2. The fourth-order valence-corrected chi connectivity index (χ4v) is 3.77. The topological polar surface area (TPSA) is 75.8 Å². The molecule has 0 unspecified atom stereocenters. The second-order valence-corrected chi connectivity index (χ2v) is 7.34. The molecule has 0 saturated carbocycles. The minimum Gasteiger partial charge on any atom is -0.432 e. The summed E-state index contributed by atoms with van der Waals surface area (Å²) in [5.41, 5.74) is 1.09. The van der Waals surface area contributed by atoms with Crippen molar-refractivity contribution >= 4 is 33.2 Å². The van der Waals surface area contributed by atoms with E-state index < -0.39 is 0 Å². The van der Waals surface area contributed by atoms with Gasteiger partial charge in [-0.3, -0.25) is 14.6 Å². The molecular weight excluding hydrogens is 398 g/mol.